The van der Waals surface area contributed by atoms with Gasteiger partial charge in [-0.1, -0.05) is 0 Å². The molecule has 17 heavy (non-hydrogen) atoms. The maximum absolute atomic E-state index is 11.7. The smallest absolute Gasteiger partial charge is 0.351 e. The fourth-order valence-electron chi connectivity index (χ4n) is 2.02. The van der Waals surface area contributed by atoms with Crippen LogP contribution in [0.3, 0.4) is 0 Å². The summed E-state index contributed by atoms with van der Waals surface area (Å²) in [7, 11) is 0. The van der Waals surface area contributed by atoms with Crippen LogP contribution in [-0.2, 0) is 4.74 Å². The number of nitrogens with zero attached hydrogens (tertiary/aromatic N) is 2. The van der Waals surface area contributed by atoms with Crippen molar-refractivity contribution in [1.29, 1.82) is 0 Å². The molecule has 0 spiro atoms. The fraction of sp³-hybridized carbons (Fsp3) is 0.600. The first kappa shape index (κ1) is 12.0. The third-order valence-electron chi connectivity index (χ3n) is 2.84. The summed E-state index contributed by atoms with van der Waals surface area (Å²) in [6.07, 6.45) is -1.81. The van der Waals surface area contributed by atoms with Crippen LogP contribution in [0.15, 0.2) is 10.9 Å². The fourth-order valence-corrected chi connectivity index (χ4v) is 2.02. The van der Waals surface area contributed by atoms with Gasteiger partial charge in [-0.25, -0.2) is 4.79 Å². The zero-order chi connectivity index (χ0) is 12.6. The number of nitrogen functional groups attached to an aromatic ring is 1. The van der Waals surface area contributed by atoms with Crippen molar-refractivity contribution in [3.05, 3.63) is 22.2 Å². The number of aliphatic hydroxyl groups excluding tert-OH is 2. The summed E-state index contributed by atoms with van der Waals surface area (Å²) >= 11 is 0. The molecule has 7 nitrogen and oxygen atoms in total. The largest absolute Gasteiger partial charge is 0.394 e. The van der Waals surface area contributed by atoms with Crippen molar-refractivity contribution >= 4 is 5.82 Å². The Morgan fingerprint density at radius 2 is 2.41 bits per heavy atom. The first-order valence-corrected chi connectivity index (χ1v) is 5.33. The monoisotopic (exact) mass is 241 g/mol. The van der Waals surface area contributed by atoms with Gasteiger partial charge in [0.05, 0.1) is 12.7 Å². The molecule has 94 valence electrons. The number of aromatic nitrogens is 2. The van der Waals surface area contributed by atoms with E-state index in [1.807, 2.05) is 0 Å². The highest BCUT2D eigenvalue weighted by Gasteiger charge is 2.35. The summed E-state index contributed by atoms with van der Waals surface area (Å²) in [6.45, 7) is 1.43. The number of aliphatic hydroxyl groups is 2. The number of hydrogen-bond donors (Lipinski definition) is 3. The standard InChI is InChI=1S/C10H15N3O4/c1-5-2-8(11)12-10(16)13(5)9-3-6(15)7(4-14)17-9/h2,6-7,9,14-15H,3-4H2,1H3,(H2,11,12,16)/t6-,7+,9+/m0/s1. The topological polar surface area (TPSA) is 111 Å². The van der Waals surface area contributed by atoms with Crippen molar-refractivity contribution in [2.45, 2.75) is 31.8 Å². The molecule has 1 aromatic rings. The van der Waals surface area contributed by atoms with Crippen LogP contribution in [0.5, 0.6) is 0 Å². The maximum Gasteiger partial charge on any atom is 0.351 e. The summed E-state index contributed by atoms with van der Waals surface area (Å²) in [5.74, 6) is 0.154. The van der Waals surface area contributed by atoms with Crippen molar-refractivity contribution < 1.29 is 14.9 Å². The van der Waals surface area contributed by atoms with Gasteiger partial charge in [-0.05, 0) is 13.0 Å². The zero-order valence-corrected chi connectivity index (χ0v) is 9.41. The average Bonchev–Trinajstić information content (AvgIpc) is 2.57. The highest BCUT2D eigenvalue weighted by atomic mass is 16.5. The van der Waals surface area contributed by atoms with Gasteiger partial charge < -0.3 is 20.7 Å². The third-order valence-corrected chi connectivity index (χ3v) is 2.84. The lowest BCUT2D eigenvalue weighted by Crippen LogP contribution is -2.30. The van der Waals surface area contributed by atoms with Crippen molar-refractivity contribution in [2.75, 3.05) is 12.3 Å². The lowest BCUT2D eigenvalue weighted by molar-refractivity contribution is -0.0464. The first-order chi connectivity index (χ1) is 8.02. The lowest BCUT2D eigenvalue weighted by Gasteiger charge is -2.16. The number of aryl methyl sites for hydroxylation is 1. The minimum absolute atomic E-state index is 0.154. The molecule has 0 bridgehead atoms. The number of rotatable bonds is 2. The number of ether oxygens (including phenoxy) is 1. The van der Waals surface area contributed by atoms with Gasteiger partial charge in [-0.2, -0.15) is 4.98 Å². The molecule has 1 aliphatic rings. The van der Waals surface area contributed by atoms with Gasteiger partial charge in [0.1, 0.15) is 18.1 Å². The minimum atomic E-state index is -0.783. The summed E-state index contributed by atoms with van der Waals surface area (Å²) in [4.78, 5) is 15.3. The number of nitrogens with two attached hydrogens (primary N) is 1. The van der Waals surface area contributed by atoms with Crippen molar-refractivity contribution in [3.63, 3.8) is 0 Å². The molecule has 1 fully saturated rings. The van der Waals surface area contributed by atoms with Gasteiger partial charge >= 0.3 is 5.69 Å². The molecule has 0 unspecified atom stereocenters. The second-order valence-electron chi connectivity index (χ2n) is 4.09. The first-order valence-electron chi connectivity index (χ1n) is 5.33. The lowest BCUT2D eigenvalue weighted by atomic mass is 10.2. The molecular formula is C10H15N3O4. The summed E-state index contributed by atoms with van der Waals surface area (Å²) < 4.78 is 6.72. The van der Waals surface area contributed by atoms with Crippen LogP contribution in [0.2, 0.25) is 0 Å². The van der Waals surface area contributed by atoms with Crippen LogP contribution < -0.4 is 11.4 Å². The third kappa shape index (κ3) is 2.17. The molecule has 0 aliphatic carbocycles. The SMILES string of the molecule is Cc1cc(N)nc(=O)n1[C@H]1C[C@H](O)[C@@H](CO)O1. The number of anilines is 1. The van der Waals surface area contributed by atoms with Gasteiger partial charge in [0.25, 0.3) is 0 Å². The molecule has 7 heteroatoms. The van der Waals surface area contributed by atoms with Crippen LogP contribution in [0, 0.1) is 6.92 Å². The van der Waals surface area contributed by atoms with E-state index in [0.29, 0.717) is 5.69 Å². The maximum atomic E-state index is 11.7. The summed E-state index contributed by atoms with van der Waals surface area (Å²) in [5.41, 5.74) is 5.55. The molecule has 0 amide bonds. The van der Waals surface area contributed by atoms with Crippen molar-refractivity contribution in [1.82, 2.24) is 9.55 Å². The average molecular weight is 241 g/mol. The van der Waals surface area contributed by atoms with E-state index < -0.39 is 24.1 Å². The van der Waals surface area contributed by atoms with Crippen LogP contribution in [0.25, 0.3) is 0 Å². The quantitative estimate of drug-likeness (QED) is 0.598. The molecule has 2 heterocycles. The highest BCUT2D eigenvalue weighted by molar-refractivity contribution is 5.28. The summed E-state index contributed by atoms with van der Waals surface area (Å²) in [6, 6.07) is 1.56. The van der Waals surface area contributed by atoms with E-state index in [4.69, 9.17) is 15.6 Å². The van der Waals surface area contributed by atoms with Crippen LogP contribution >= 0.6 is 0 Å². The Balaban J connectivity index is 2.34. The van der Waals surface area contributed by atoms with E-state index in [1.54, 1.807) is 13.0 Å². The Kier molecular flexibility index (Phi) is 3.14. The Labute approximate surface area is 97.5 Å². The van der Waals surface area contributed by atoms with Gasteiger partial charge in [-0.3, -0.25) is 4.57 Å². The van der Waals surface area contributed by atoms with Gasteiger partial charge in [0.2, 0.25) is 0 Å². The van der Waals surface area contributed by atoms with Gasteiger partial charge in [-0.15, -0.1) is 0 Å². The van der Waals surface area contributed by atoms with E-state index in [1.165, 1.54) is 4.57 Å². The van der Waals surface area contributed by atoms with Gasteiger partial charge in [0.15, 0.2) is 0 Å². The van der Waals surface area contributed by atoms with Crippen LogP contribution in [0.4, 0.5) is 5.82 Å². The predicted molar refractivity (Wildman–Crippen MR) is 59.3 cm³/mol. The van der Waals surface area contributed by atoms with Crippen molar-refractivity contribution in [2.24, 2.45) is 0 Å². The van der Waals surface area contributed by atoms with E-state index in [9.17, 15) is 9.90 Å². The molecule has 0 aromatic carbocycles. The second-order valence-corrected chi connectivity index (χ2v) is 4.09. The molecule has 1 aromatic heterocycles. The van der Waals surface area contributed by atoms with E-state index in [-0.39, 0.29) is 18.8 Å². The molecular weight excluding hydrogens is 226 g/mol. The molecule has 2 rings (SSSR count). The second kappa shape index (κ2) is 4.44. The minimum Gasteiger partial charge on any atom is -0.394 e. The van der Waals surface area contributed by atoms with Crippen LogP contribution in [0.1, 0.15) is 18.3 Å². The van der Waals surface area contributed by atoms with Gasteiger partial charge in [0, 0.05) is 12.1 Å². The van der Waals surface area contributed by atoms with Crippen LogP contribution in [-0.4, -0.2) is 38.6 Å². The molecule has 1 saturated heterocycles. The Morgan fingerprint density at radius 3 is 2.94 bits per heavy atom. The molecule has 4 N–H and O–H groups in total. The highest BCUT2D eigenvalue weighted by Crippen LogP contribution is 2.28. The van der Waals surface area contributed by atoms with E-state index in [0.717, 1.165) is 0 Å². The Morgan fingerprint density at radius 1 is 1.71 bits per heavy atom. The number of hydrogen-bond acceptors (Lipinski definition) is 6. The normalized spacial score (nSPS) is 28.5. The molecule has 3 atom stereocenters. The molecule has 1 aliphatic heterocycles. The predicted octanol–water partition coefficient (Wildman–Crippen LogP) is -1.23. The molecule has 0 saturated carbocycles. The summed E-state index contributed by atoms with van der Waals surface area (Å²) in [5, 5.41) is 18.6. The van der Waals surface area contributed by atoms with Crippen molar-refractivity contribution in [3.8, 4) is 0 Å². The zero-order valence-electron chi connectivity index (χ0n) is 9.41. The molecule has 0 radical (unpaired) electrons. The van der Waals surface area contributed by atoms with E-state index >= 15 is 0 Å². The Hall–Kier alpha value is -1.44. The van der Waals surface area contributed by atoms with E-state index in [2.05, 4.69) is 4.98 Å². The Bertz CT molecular complexity index is 473.